The third-order valence-electron chi connectivity index (χ3n) is 3.70. The van der Waals surface area contributed by atoms with Crippen LogP contribution in [0.3, 0.4) is 0 Å². The van der Waals surface area contributed by atoms with Gasteiger partial charge in [0.15, 0.2) is 40.7 Å². The first-order valence-electron chi connectivity index (χ1n) is 6.20. The van der Waals surface area contributed by atoms with Crippen LogP contribution in [0, 0.1) is 52.4 Å². The zero-order valence-electron chi connectivity index (χ0n) is 11.4. The van der Waals surface area contributed by atoms with Crippen LogP contribution in [0.1, 0.15) is 0 Å². The Balaban J connectivity index is 2.82. The molecule has 0 amide bonds. The Morgan fingerprint density at radius 2 is 0.625 bits per heavy atom. The molecular weight excluding hydrogens is 350 g/mol. The van der Waals surface area contributed by atoms with Crippen LogP contribution < -0.4 is 5.46 Å². The predicted octanol–water partition coefficient (Wildman–Crippen LogP) is 3.50. The molecule has 0 atom stereocenters. The van der Waals surface area contributed by atoms with E-state index in [1.807, 2.05) is 0 Å². The van der Waals surface area contributed by atoms with Crippen LogP contribution in [-0.2, 0) is 0 Å². The lowest BCUT2D eigenvalue weighted by Gasteiger charge is -2.14. The van der Waals surface area contributed by atoms with Crippen molar-refractivity contribution >= 4 is 34.9 Å². The molecular formula is C14H2BF9. The summed E-state index contributed by atoms with van der Waals surface area (Å²) in [5.74, 6) is -19.8. The molecule has 3 aromatic carbocycles. The largest absolute Gasteiger partial charge is 0.206 e. The topological polar surface area (TPSA) is 0 Å². The summed E-state index contributed by atoms with van der Waals surface area (Å²) in [6, 6.07) is 0. The van der Waals surface area contributed by atoms with Gasteiger partial charge in [-0.1, -0.05) is 0 Å². The van der Waals surface area contributed by atoms with Gasteiger partial charge in [-0.15, -0.1) is 0 Å². The average Bonchev–Trinajstić information content (AvgIpc) is 2.55. The van der Waals surface area contributed by atoms with E-state index in [1.54, 1.807) is 0 Å². The molecule has 124 valence electrons. The first kappa shape index (κ1) is 16.5. The van der Waals surface area contributed by atoms with Crippen LogP contribution in [0.4, 0.5) is 39.5 Å². The van der Waals surface area contributed by atoms with Crippen LogP contribution in [0.5, 0.6) is 0 Å². The molecule has 0 unspecified atom stereocenters. The van der Waals surface area contributed by atoms with Gasteiger partial charge < -0.3 is 0 Å². The Bertz CT molecular complexity index is 894. The van der Waals surface area contributed by atoms with Gasteiger partial charge >= 0.3 is 0 Å². The summed E-state index contributed by atoms with van der Waals surface area (Å²) in [4.78, 5) is 0. The molecule has 0 heterocycles. The maximum atomic E-state index is 14.4. The highest BCUT2D eigenvalue weighted by Crippen LogP contribution is 2.37. The van der Waals surface area contributed by atoms with Gasteiger partial charge in [-0.2, -0.15) is 0 Å². The molecule has 0 aliphatic heterocycles. The number of benzene rings is 3. The molecule has 0 spiro atoms. The molecule has 3 aromatic rings. The van der Waals surface area contributed by atoms with Gasteiger partial charge in [0.1, 0.15) is 19.5 Å². The van der Waals surface area contributed by atoms with E-state index in [-0.39, 0.29) is 0 Å². The number of hydrogen-bond donors (Lipinski definition) is 0. The van der Waals surface area contributed by atoms with Crippen molar-refractivity contribution in [1.29, 1.82) is 0 Å². The molecule has 0 bridgehead atoms. The van der Waals surface area contributed by atoms with Gasteiger partial charge in [0, 0.05) is 5.39 Å². The monoisotopic (exact) mass is 352 g/mol. The van der Waals surface area contributed by atoms with Crippen molar-refractivity contribution in [2.24, 2.45) is 0 Å². The van der Waals surface area contributed by atoms with Crippen molar-refractivity contribution in [1.82, 2.24) is 0 Å². The SMILES string of the molecule is Bc1c(F)c(F)c(F)c2c(F)c3c(F)c(F)c(F)c(F)c3c(F)c12. The van der Waals surface area contributed by atoms with Crippen molar-refractivity contribution in [3.8, 4) is 0 Å². The Hall–Kier alpha value is -2.39. The van der Waals surface area contributed by atoms with E-state index in [9.17, 15) is 39.5 Å². The van der Waals surface area contributed by atoms with Crippen molar-refractivity contribution in [2.75, 3.05) is 0 Å². The number of hydrogen-bond acceptors (Lipinski definition) is 0. The first-order chi connectivity index (χ1) is 11.1. The number of rotatable bonds is 0. The second-order valence-electron chi connectivity index (χ2n) is 4.95. The lowest BCUT2D eigenvalue weighted by molar-refractivity contribution is 0.414. The summed E-state index contributed by atoms with van der Waals surface area (Å²) in [5.41, 5.74) is -0.952. The van der Waals surface area contributed by atoms with Gasteiger partial charge in [-0.05, 0) is 5.46 Å². The molecule has 0 nitrogen and oxygen atoms in total. The third kappa shape index (κ3) is 1.79. The van der Waals surface area contributed by atoms with E-state index in [0.717, 1.165) is 7.85 Å². The highest BCUT2D eigenvalue weighted by molar-refractivity contribution is 6.39. The first-order valence-corrected chi connectivity index (χ1v) is 6.20. The second-order valence-corrected chi connectivity index (χ2v) is 4.95. The van der Waals surface area contributed by atoms with Crippen LogP contribution in [0.25, 0.3) is 21.5 Å². The maximum Gasteiger partial charge on any atom is 0.198 e. The summed E-state index contributed by atoms with van der Waals surface area (Å²) >= 11 is 0. The van der Waals surface area contributed by atoms with E-state index in [0.29, 0.717) is 0 Å². The smallest absolute Gasteiger partial charge is 0.198 e. The normalized spacial score (nSPS) is 11.7. The Labute approximate surface area is 127 Å². The minimum absolute atomic E-state index is 0.725. The summed E-state index contributed by atoms with van der Waals surface area (Å²) in [7, 11) is 0.725. The van der Waals surface area contributed by atoms with Gasteiger partial charge in [0.25, 0.3) is 0 Å². The van der Waals surface area contributed by atoms with Gasteiger partial charge in [-0.25, -0.2) is 39.5 Å². The van der Waals surface area contributed by atoms with E-state index in [4.69, 9.17) is 0 Å². The van der Waals surface area contributed by atoms with Crippen LogP contribution in [-0.4, -0.2) is 7.85 Å². The molecule has 0 N–H and O–H groups in total. The van der Waals surface area contributed by atoms with Gasteiger partial charge in [0.05, 0.1) is 16.2 Å². The molecule has 24 heavy (non-hydrogen) atoms. The quantitative estimate of drug-likeness (QED) is 0.191. The molecule has 0 saturated carbocycles. The van der Waals surface area contributed by atoms with Crippen molar-refractivity contribution in [3.63, 3.8) is 0 Å². The molecule has 3 rings (SSSR count). The molecule has 0 aliphatic carbocycles. The fourth-order valence-corrected chi connectivity index (χ4v) is 2.55. The fraction of sp³-hybridized carbons (Fsp3) is 0. The second kappa shape index (κ2) is 5.05. The minimum Gasteiger partial charge on any atom is -0.206 e. The number of halogens is 9. The van der Waals surface area contributed by atoms with Crippen molar-refractivity contribution in [2.45, 2.75) is 0 Å². The lowest BCUT2D eigenvalue weighted by atomic mass is 9.86. The van der Waals surface area contributed by atoms with E-state index in [2.05, 4.69) is 0 Å². The predicted molar refractivity (Wildman–Crippen MR) is 69.3 cm³/mol. The standard InChI is InChI=1S/C14H2BF9/c15-5-1-2(8(18)12(22)11(5)21)7(17)4-3(6(1)16)9(19)13(23)14(24)10(4)20/h15H2. The van der Waals surface area contributed by atoms with Gasteiger partial charge in [-0.3, -0.25) is 0 Å². The van der Waals surface area contributed by atoms with E-state index >= 15 is 0 Å². The number of fused-ring (bicyclic) bond motifs is 2. The highest BCUT2D eigenvalue weighted by Gasteiger charge is 2.31. The molecule has 0 fully saturated rings. The molecule has 10 heteroatoms. The van der Waals surface area contributed by atoms with E-state index < -0.39 is 79.4 Å². The summed E-state index contributed by atoms with van der Waals surface area (Å²) in [5, 5.41) is -6.22. The molecule has 0 radical (unpaired) electrons. The third-order valence-corrected chi connectivity index (χ3v) is 3.70. The van der Waals surface area contributed by atoms with E-state index in [1.165, 1.54) is 0 Å². The lowest BCUT2D eigenvalue weighted by Crippen LogP contribution is -2.18. The van der Waals surface area contributed by atoms with Gasteiger partial charge in [0.2, 0.25) is 0 Å². The summed E-state index contributed by atoms with van der Waals surface area (Å²) in [6.07, 6.45) is 0. The van der Waals surface area contributed by atoms with Crippen molar-refractivity contribution in [3.05, 3.63) is 52.4 Å². The highest BCUT2D eigenvalue weighted by atomic mass is 19.2. The molecule has 0 aromatic heterocycles. The van der Waals surface area contributed by atoms with Crippen LogP contribution in [0.2, 0.25) is 0 Å². The molecule has 0 saturated heterocycles. The Morgan fingerprint density at radius 1 is 0.333 bits per heavy atom. The van der Waals surface area contributed by atoms with Crippen LogP contribution in [0.15, 0.2) is 0 Å². The van der Waals surface area contributed by atoms with Crippen molar-refractivity contribution < 1.29 is 39.5 Å². The minimum atomic E-state index is -2.46. The Morgan fingerprint density at radius 3 is 1.04 bits per heavy atom. The summed E-state index contributed by atoms with van der Waals surface area (Å²) < 4.78 is 124. The van der Waals surface area contributed by atoms with Crippen LogP contribution >= 0.6 is 0 Å². The zero-order chi connectivity index (χ0) is 18.1. The Kier molecular flexibility index (Phi) is 3.47. The average molecular weight is 352 g/mol. The maximum absolute atomic E-state index is 14.4. The zero-order valence-corrected chi connectivity index (χ0v) is 11.4. The fourth-order valence-electron chi connectivity index (χ4n) is 2.55. The summed E-state index contributed by atoms with van der Waals surface area (Å²) in [6.45, 7) is 0. The molecule has 0 aliphatic rings.